The fourth-order valence-electron chi connectivity index (χ4n) is 3.62. The predicted octanol–water partition coefficient (Wildman–Crippen LogP) is 0.556. The maximum atomic E-state index is 12.9. The molecule has 15 heteroatoms. The van der Waals surface area contributed by atoms with Gasteiger partial charge in [0.2, 0.25) is 11.4 Å². The summed E-state index contributed by atoms with van der Waals surface area (Å²) in [4.78, 5) is 60.6. The first kappa shape index (κ1) is 25.6. The number of nitrogens with one attached hydrogen (secondary N) is 1. The lowest BCUT2D eigenvalue weighted by Crippen LogP contribution is -2.71. The highest BCUT2D eigenvalue weighted by Crippen LogP contribution is 2.40. The molecule has 0 aliphatic carbocycles. The molecule has 2 N–H and O–H groups in total. The molecule has 0 spiro atoms. The summed E-state index contributed by atoms with van der Waals surface area (Å²) in [5, 5.41) is 18.9. The van der Waals surface area contributed by atoms with Gasteiger partial charge in [-0.2, -0.15) is 0 Å². The van der Waals surface area contributed by atoms with E-state index in [4.69, 9.17) is 18.4 Å². The summed E-state index contributed by atoms with van der Waals surface area (Å²) in [6, 6.07) is 5.05. The highest BCUT2D eigenvalue weighted by molar-refractivity contribution is 8.00. The number of hydrogen-bond acceptors (Lipinski definition) is 12. The van der Waals surface area contributed by atoms with Gasteiger partial charge in [-0.1, -0.05) is 10.3 Å². The highest BCUT2D eigenvalue weighted by Gasteiger charge is 2.54. The lowest BCUT2D eigenvalue weighted by molar-refractivity contribution is -0.150. The Morgan fingerprint density at radius 2 is 1.73 bits per heavy atom. The van der Waals surface area contributed by atoms with Gasteiger partial charge in [0.25, 0.3) is 11.8 Å². The molecule has 0 aromatic carbocycles. The Labute approximate surface area is 212 Å². The first-order chi connectivity index (χ1) is 17.9. The molecule has 2 amide bonds. The highest BCUT2D eigenvalue weighted by atomic mass is 32.2. The maximum Gasteiger partial charge on any atom is 0.364 e. The zero-order valence-electron chi connectivity index (χ0n) is 19.4. The number of carboxylic acid groups (broad SMARTS) is 1. The van der Waals surface area contributed by atoms with E-state index in [9.17, 15) is 24.3 Å². The molecule has 2 aromatic rings. The average molecular weight is 532 g/mol. The Balaban J connectivity index is 1.47. The topological polar surface area (TPSA) is 182 Å². The van der Waals surface area contributed by atoms with E-state index in [0.717, 1.165) is 4.90 Å². The van der Waals surface area contributed by atoms with Crippen LogP contribution >= 0.6 is 11.8 Å². The first-order valence-corrected chi connectivity index (χ1v) is 11.6. The second-order valence-electron chi connectivity index (χ2n) is 7.39. The summed E-state index contributed by atoms with van der Waals surface area (Å²) in [7, 11) is 2.49. The van der Waals surface area contributed by atoms with Gasteiger partial charge in [-0.15, -0.1) is 11.8 Å². The molecule has 37 heavy (non-hydrogen) atoms. The number of aliphatic carboxylic acids is 1. The number of carbonyl (C=O) groups excluding carboxylic acids is 3. The van der Waals surface area contributed by atoms with Crippen LogP contribution in [0.1, 0.15) is 11.5 Å². The number of hydrogen-bond donors (Lipinski definition) is 2. The molecule has 0 radical (unpaired) electrons. The summed E-state index contributed by atoms with van der Waals surface area (Å²) in [5.41, 5.74) is -0.578. The number of furan rings is 2. The van der Waals surface area contributed by atoms with E-state index < -0.39 is 41.8 Å². The molecule has 1 fully saturated rings. The van der Waals surface area contributed by atoms with E-state index in [1.165, 1.54) is 50.6 Å². The molecule has 0 saturated carbocycles. The summed E-state index contributed by atoms with van der Waals surface area (Å²) < 4.78 is 15.6. The van der Waals surface area contributed by atoms with Gasteiger partial charge >= 0.3 is 11.9 Å². The number of ether oxygens (including phenoxy) is 1. The smallest absolute Gasteiger partial charge is 0.364 e. The van der Waals surface area contributed by atoms with Crippen molar-refractivity contribution in [2.45, 2.75) is 11.4 Å². The van der Waals surface area contributed by atoms with Crippen molar-refractivity contribution in [3.63, 3.8) is 0 Å². The van der Waals surface area contributed by atoms with Crippen molar-refractivity contribution in [2.24, 2.45) is 10.3 Å². The standard InChI is InChI=1S/C22H20N4O10S/c1-32-24-14(12-5-3-7-34-12)18(27)23-16-19(28)26-17(21(29)30)11(10-37-20(16)26)9-36-22(31)15(25-33-2)13-6-4-8-35-13/h3-8,16,20H,9-10H2,1-2H3,(H,23,27)(H,29,30)/b24-14-,25-15-/t16-,20-/m1/s1. The van der Waals surface area contributed by atoms with Crippen molar-refractivity contribution >= 4 is 46.9 Å². The summed E-state index contributed by atoms with van der Waals surface area (Å²) in [6.45, 7) is -0.423. The van der Waals surface area contributed by atoms with Gasteiger partial charge in [0.15, 0.2) is 11.5 Å². The average Bonchev–Trinajstić information content (AvgIpc) is 3.61. The zero-order valence-corrected chi connectivity index (χ0v) is 20.2. The molecule has 194 valence electrons. The Morgan fingerprint density at radius 3 is 2.30 bits per heavy atom. The van der Waals surface area contributed by atoms with Gasteiger partial charge in [-0.05, 0) is 24.3 Å². The third-order valence-electron chi connectivity index (χ3n) is 5.20. The van der Waals surface area contributed by atoms with E-state index in [1.54, 1.807) is 12.1 Å². The van der Waals surface area contributed by atoms with Crippen LogP contribution in [0.4, 0.5) is 0 Å². The van der Waals surface area contributed by atoms with Crippen molar-refractivity contribution in [3.05, 3.63) is 59.6 Å². The van der Waals surface area contributed by atoms with Crippen LogP contribution in [0.15, 0.2) is 67.2 Å². The van der Waals surface area contributed by atoms with Crippen LogP contribution in [0.2, 0.25) is 0 Å². The van der Waals surface area contributed by atoms with Gasteiger partial charge in [0.05, 0.1) is 12.5 Å². The zero-order chi connectivity index (χ0) is 26.5. The maximum absolute atomic E-state index is 12.9. The third kappa shape index (κ3) is 5.06. The van der Waals surface area contributed by atoms with Gasteiger partial charge in [-0.25, -0.2) is 9.59 Å². The molecule has 14 nitrogen and oxygen atoms in total. The third-order valence-corrected chi connectivity index (χ3v) is 6.54. The minimum absolute atomic E-state index is 0.0970. The monoisotopic (exact) mass is 532 g/mol. The fraction of sp³-hybridized carbons (Fsp3) is 0.273. The molecule has 1 saturated heterocycles. The molecule has 4 heterocycles. The number of esters is 1. The van der Waals surface area contributed by atoms with Crippen LogP contribution in [0.25, 0.3) is 0 Å². The van der Waals surface area contributed by atoms with Gasteiger partial charge in [0, 0.05) is 11.3 Å². The summed E-state index contributed by atoms with van der Waals surface area (Å²) >= 11 is 1.20. The van der Waals surface area contributed by atoms with Crippen LogP contribution < -0.4 is 5.32 Å². The second-order valence-corrected chi connectivity index (χ2v) is 8.50. The number of β-lactam (4-membered cyclic amide) rings is 1. The number of carboxylic acids is 1. The van der Waals surface area contributed by atoms with Crippen molar-refractivity contribution in [1.82, 2.24) is 10.2 Å². The number of fused-ring (bicyclic) bond motifs is 1. The summed E-state index contributed by atoms with van der Waals surface area (Å²) in [5.74, 6) is -3.35. The number of thioether (sulfide) groups is 1. The normalized spacial score (nSPS) is 19.6. The SMILES string of the molecule is CO/N=C(\C(=O)N[C@@H]1C(=O)N2C(C(=O)O)=C(COC(=O)/C(=N\OC)c3ccco3)CS[C@H]12)c1ccco1. The number of nitrogens with zero attached hydrogens (tertiary/aromatic N) is 3. The van der Waals surface area contributed by atoms with E-state index >= 15 is 0 Å². The van der Waals surface area contributed by atoms with Crippen LogP contribution in [-0.2, 0) is 33.6 Å². The van der Waals surface area contributed by atoms with E-state index in [-0.39, 0.29) is 40.0 Å². The molecular formula is C22H20N4O10S. The lowest BCUT2D eigenvalue weighted by atomic mass is 10.0. The van der Waals surface area contributed by atoms with Gasteiger partial charge in [-0.3, -0.25) is 14.5 Å². The molecule has 2 aliphatic rings. The molecular weight excluding hydrogens is 512 g/mol. The molecule has 2 aromatic heterocycles. The first-order valence-electron chi connectivity index (χ1n) is 10.5. The lowest BCUT2D eigenvalue weighted by Gasteiger charge is -2.49. The van der Waals surface area contributed by atoms with Crippen molar-refractivity contribution in [2.75, 3.05) is 26.6 Å². The van der Waals surface area contributed by atoms with Crippen molar-refractivity contribution in [1.29, 1.82) is 0 Å². The van der Waals surface area contributed by atoms with Gasteiger partial charge < -0.3 is 33.7 Å². The van der Waals surface area contributed by atoms with Crippen LogP contribution in [0.5, 0.6) is 0 Å². The second kappa shape index (κ2) is 11.0. The number of carbonyl (C=O) groups is 4. The fourth-order valence-corrected chi connectivity index (χ4v) is 4.94. The van der Waals surface area contributed by atoms with Gasteiger partial charge in [0.1, 0.15) is 37.9 Å². The van der Waals surface area contributed by atoms with Crippen molar-refractivity contribution < 1.29 is 47.5 Å². The Kier molecular flexibility index (Phi) is 7.62. The quantitative estimate of drug-likeness (QED) is 0.189. The van der Waals surface area contributed by atoms with E-state index in [0.29, 0.717) is 0 Å². The van der Waals surface area contributed by atoms with Crippen molar-refractivity contribution in [3.8, 4) is 0 Å². The Hall–Kier alpha value is -4.53. The number of rotatable bonds is 10. The molecule has 4 rings (SSSR count). The van der Waals surface area contributed by atoms with Crippen LogP contribution in [0.3, 0.4) is 0 Å². The molecule has 0 bridgehead atoms. The van der Waals surface area contributed by atoms with E-state index in [2.05, 4.69) is 20.5 Å². The Bertz CT molecular complexity index is 1280. The number of oxime groups is 2. The van der Waals surface area contributed by atoms with Crippen LogP contribution in [0, 0.1) is 0 Å². The molecule has 0 unspecified atom stereocenters. The minimum Gasteiger partial charge on any atom is -0.477 e. The van der Waals surface area contributed by atoms with Crippen LogP contribution in [-0.4, -0.2) is 83.2 Å². The largest absolute Gasteiger partial charge is 0.477 e. The molecule has 2 atom stereocenters. The molecule has 2 aliphatic heterocycles. The predicted molar refractivity (Wildman–Crippen MR) is 125 cm³/mol. The minimum atomic E-state index is -1.39. The Morgan fingerprint density at radius 1 is 1.11 bits per heavy atom. The van der Waals surface area contributed by atoms with E-state index in [1.807, 2.05) is 0 Å². The number of amides is 2. The summed E-state index contributed by atoms with van der Waals surface area (Å²) in [6.07, 6.45) is 2.68.